The minimum Gasteiger partial charge on any atom is -0.465 e. The molecule has 2 rings (SSSR count). The normalized spacial score (nSPS) is 22.7. The van der Waals surface area contributed by atoms with Gasteiger partial charge in [0.2, 0.25) is 0 Å². The van der Waals surface area contributed by atoms with Gasteiger partial charge in [0.25, 0.3) is 0 Å². The lowest BCUT2D eigenvalue weighted by Crippen LogP contribution is -2.41. The Morgan fingerprint density at radius 2 is 1.96 bits per heavy atom. The Kier molecular flexibility index (Phi) is 8.64. The first-order valence-corrected chi connectivity index (χ1v) is 10.4. The van der Waals surface area contributed by atoms with Crippen LogP contribution in [0.15, 0.2) is 30.3 Å². The largest absolute Gasteiger partial charge is 0.465 e. The molecule has 1 fully saturated rings. The first-order chi connectivity index (χ1) is 12.6. The molecule has 0 amide bonds. The quantitative estimate of drug-likeness (QED) is 0.363. The summed E-state index contributed by atoms with van der Waals surface area (Å²) in [6, 6.07) is 10.2. The molecule has 1 aromatic rings. The number of hydrogen-bond donors (Lipinski definition) is 0. The third kappa shape index (κ3) is 5.84. The smallest absolute Gasteiger partial charge is 0.314 e. The van der Waals surface area contributed by atoms with Gasteiger partial charge in [-0.2, -0.15) is 0 Å². The van der Waals surface area contributed by atoms with Crippen LogP contribution in [0.25, 0.3) is 0 Å². The van der Waals surface area contributed by atoms with E-state index in [0.717, 1.165) is 37.7 Å². The fraction of sp³-hybridized carbons (Fsp3) is 0.696. The van der Waals surface area contributed by atoms with E-state index in [-0.39, 0.29) is 12.1 Å². The van der Waals surface area contributed by atoms with Crippen LogP contribution in [-0.4, -0.2) is 18.7 Å². The second-order valence-corrected chi connectivity index (χ2v) is 8.14. The van der Waals surface area contributed by atoms with Crippen molar-refractivity contribution in [3.63, 3.8) is 0 Å². The molecule has 0 bridgehead atoms. The van der Waals surface area contributed by atoms with Gasteiger partial charge in [-0.1, -0.05) is 76.8 Å². The number of benzene rings is 1. The standard InChI is InChI=1S/C23H36O3/c1-4-5-6-10-15-23(22(24)26-17-19(2)3)16-11-14-21(23)25-18-20-12-8-7-9-13-20/h7-9,12-13,19,21H,4-6,10-11,14-18H2,1-3H3. The monoisotopic (exact) mass is 360 g/mol. The molecule has 0 aromatic heterocycles. The van der Waals surface area contributed by atoms with Crippen molar-refractivity contribution in [3.05, 3.63) is 35.9 Å². The summed E-state index contributed by atoms with van der Waals surface area (Å²) in [6.45, 7) is 7.45. The molecule has 1 aliphatic rings. The van der Waals surface area contributed by atoms with Crippen LogP contribution >= 0.6 is 0 Å². The second-order valence-electron chi connectivity index (χ2n) is 8.14. The summed E-state index contributed by atoms with van der Waals surface area (Å²) in [5.41, 5.74) is 0.715. The number of hydrogen-bond acceptors (Lipinski definition) is 3. The number of esters is 1. The number of ether oxygens (including phenoxy) is 2. The molecular weight excluding hydrogens is 324 g/mol. The van der Waals surface area contributed by atoms with Gasteiger partial charge in [0.05, 0.1) is 24.7 Å². The lowest BCUT2D eigenvalue weighted by molar-refractivity contribution is -0.167. The lowest BCUT2D eigenvalue weighted by atomic mass is 9.78. The van der Waals surface area contributed by atoms with Gasteiger partial charge in [0.1, 0.15) is 0 Å². The number of carbonyl (C=O) groups is 1. The van der Waals surface area contributed by atoms with Gasteiger partial charge in [-0.3, -0.25) is 4.79 Å². The topological polar surface area (TPSA) is 35.5 Å². The molecule has 0 saturated heterocycles. The van der Waals surface area contributed by atoms with Gasteiger partial charge in [-0.05, 0) is 37.2 Å². The third-order valence-corrected chi connectivity index (χ3v) is 5.43. The van der Waals surface area contributed by atoms with Gasteiger partial charge < -0.3 is 9.47 Å². The molecule has 1 saturated carbocycles. The van der Waals surface area contributed by atoms with E-state index in [0.29, 0.717) is 19.1 Å². The molecule has 146 valence electrons. The molecular formula is C23H36O3. The third-order valence-electron chi connectivity index (χ3n) is 5.43. The van der Waals surface area contributed by atoms with Crippen molar-refractivity contribution in [3.8, 4) is 0 Å². The molecule has 26 heavy (non-hydrogen) atoms. The first kappa shape index (κ1) is 21.0. The summed E-state index contributed by atoms with van der Waals surface area (Å²) >= 11 is 0. The van der Waals surface area contributed by atoms with Gasteiger partial charge >= 0.3 is 5.97 Å². The molecule has 1 aromatic carbocycles. The maximum Gasteiger partial charge on any atom is 0.314 e. The average Bonchev–Trinajstić information content (AvgIpc) is 3.06. The Balaban J connectivity index is 2.04. The highest BCUT2D eigenvalue weighted by Gasteiger charge is 2.50. The van der Waals surface area contributed by atoms with Crippen molar-refractivity contribution in [1.82, 2.24) is 0 Å². The number of unbranched alkanes of at least 4 members (excludes halogenated alkanes) is 3. The Morgan fingerprint density at radius 1 is 1.19 bits per heavy atom. The molecule has 2 atom stereocenters. The molecule has 2 unspecified atom stereocenters. The summed E-state index contributed by atoms with van der Waals surface area (Å²) in [6.07, 6.45) is 8.46. The fourth-order valence-corrected chi connectivity index (χ4v) is 3.93. The minimum absolute atomic E-state index is 0.0241. The van der Waals surface area contributed by atoms with Gasteiger partial charge in [-0.15, -0.1) is 0 Å². The predicted molar refractivity (Wildman–Crippen MR) is 106 cm³/mol. The lowest BCUT2D eigenvalue weighted by Gasteiger charge is -2.33. The van der Waals surface area contributed by atoms with Crippen molar-refractivity contribution in [2.75, 3.05) is 6.61 Å². The first-order valence-electron chi connectivity index (χ1n) is 10.4. The Bertz CT molecular complexity index is 526. The van der Waals surface area contributed by atoms with E-state index in [9.17, 15) is 4.79 Å². The molecule has 3 heteroatoms. The molecule has 0 N–H and O–H groups in total. The predicted octanol–water partition coefficient (Wildman–Crippen LogP) is 5.91. The number of rotatable bonds is 11. The van der Waals surface area contributed by atoms with Gasteiger partial charge in [0, 0.05) is 0 Å². The Labute approximate surface area is 159 Å². The minimum atomic E-state index is -0.447. The zero-order valence-corrected chi connectivity index (χ0v) is 16.8. The highest BCUT2D eigenvalue weighted by atomic mass is 16.5. The van der Waals surface area contributed by atoms with Crippen LogP contribution in [0.3, 0.4) is 0 Å². The van der Waals surface area contributed by atoms with Crippen LogP contribution in [0, 0.1) is 11.3 Å². The summed E-state index contributed by atoms with van der Waals surface area (Å²) in [7, 11) is 0. The van der Waals surface area contributed by atoms with Crippen molar-refractivity contribution >= 4 is 5.97 Å². The zero-order valence-electron chi connectivity index (χ0n) is 16.8. The molecule has 0 aliphatic heterocycles. The molecule has 3 nitrogen and oxygen atoms in total. The molecule has 1 aliphatic carbocycles. The molecule has 0 radical (unpaired) electrons. The van der Waals surface area contributed by atoms with E-state index >= 15 is 0 Å². The fourth-order valence-electron chi connectivity index (χ4n) is 3.93. The SMILES string of the molecule is CCCCCCC1(C(=O)OCC(C)C)CCCC1OCc1ccccc1. The molecule has 0 spiro atoms. The average molecular weight is 361 g/mol. The number of carbonyl (C=O) groups excluding carboxylic acids is 1. The van der Waals surface area contributed by atoms with E-state index in [1.807, 2.05) is 18.2 Å². The van der Waals surface area contributed by atoms with Crippen LogP contribution in [0.4, 0.5) is 0 Å². The van der Waals surface area contributed by atoms with Crippen molar-refractivity contribution in [2.45, 2.75) is 84.8 Å². The van der Waals surface area contributed by atoms with E-state index in [4.69, 9.17) is 9.47 Å². The van der Waals surface area contributed by atoms with E-state index in [2.05, 4.69) is 32.9 Å². The van der Waals surface area contributed by atoms with E-state index < -0.39 is 5.41 Å². The Hall–Kier alpha value is -1.35. The van der Waals surface area contributed by atoms with E-state index in [1.165, 1.54) is 19.3 Å². The van der Waals surface area contributed by atoms with Crippen LogP contribution in [0.1, 0.15) is 77.7 Å². The van der Waals surface area contributed by atoms with Crippen molar-refractivity contribution < 1.29 is 14.3 Å². The van der Waals surface area contributed by atoms with Crippen LogP contribution < -0.4 is 0 Å². The van der Waals surface area contributed by atoms with Crippen LogP contribution in [0.2, 0.25) is 0 Å². The summed E-state index contributed by atoms with van der Waals surface area (Å²) in [4.78, 5) is 13.1. The van der Waals surface area contributed by atoms with E-state index in [1.54, 1.807) is 0 Å². The maximum absolute atomic E-state index is 13.1. The highest BCUT2D eigenvalue weighted by Crippen LogP contribution is 2.46. The zero-order chi connectivity index (χ0) is 18.8. The van der Waals surface area contributed by atoms with Crippen LogP contribution in [0.5, 0.6) is 0 Å². The maximum atomic E-state index is 13.1. The van der Waals surface area contributed by atoms with Gasteiger partial charge in [0.15, 0.2) is 0 Å². The van der Waals surface area contributed by atoms with Gasteiger partial charge in [-0.25, -0.2) is 0 Å². The van der Waals surface area contributed by atoms with Crippen molar-refractivity contribution in [2.24, 2.45) is 11.3 Å². The van der Waals surface area contributed by atoms with Crippen molar-refractivity contribution in [1.29, 1.82) is 0 Å². The second kappa shape index (κ2) is 10.7. The van der Waals surface area contributed by atoms with Crippen LogP contribution in [-0.2, 0) is 20.9 Å². The summed E-state index contributed by atoms with van der Waals surface area (Å²) in [5.74, 6) is 0.333. The highest BCUT2D eigenvalue weighted by molar-refractivity contribution is 5.78. The molecule has 0 heterocycles. The Morgan fingerprint density at radius 3 is 2.65 bits per heavy atom. The summed E-state index contributed by atoms with van der Waals surface area (Å²) in [5, 5.41) is 0. The summed E-state index contributed by atoms with van der Waals surface area (Å²) < 4.78 is 12.0.